The van der Waals surface area contributed by atoms with Gasteiger partial charge in [0.25, 0.3) is 5.91 Å². The van der Waals surface area contributed by atoms with Gasteiger partial charge >= 0.3 is 0 Å². The van der Waals surface area contributed by atoms with Crippen LogP contribution in [0.3, 0.4) is 0 Å². The third kappa shape index (κ3) is 4.88. The van der Waals surface area contributed by atoms with Gasteiger partial charge in [0.1, 0.15) is 9.88 Å². The summed E-state index contributed by atoms with van der Waals surface area (Å²) in [6, 6.07) is 0. The Balaban J connectivity index is 1.49. The number of carbonyl (C=O) groups is 1. The summed E-state index contributed by atoms with van der Waals surface area (Å²) in [5.74, 6) is 0.0228. The van der Waals surface area contributed by atoms with Crippen molar-refractivity contribution in [1.82, 2.24) is 15.2 Å². The number of aryl methyl sites for hydroxylation is 1. The molecule has 0 atom stereocenters. The fourth-order valence-electron chi connectivity index (χ4n) is 3.23. The smallest absolute Gasteiger partial charge is 0.263 e. The minimum Gasteiger partial charge on any atom is -0.379 e. The average molecular weight is 350 g/mol. The molecule has 1 amide bonds. The van der Waals surface area contributed by atoms with Gasteiger partial charge in [-0.2, -0.15) is 0 Å². The Morgan fingerprint density at radius 1 is 1.38 bits per heavy atom. The zero-order valence-electron chi connectivity index (χ0n) is 14.5. The summed E-state index contributed by atoms with van der Waals surface area (Å²) in [5, 5.41) is 4.08. The Labute approximate surface area is 148 Å². The van der Waals surface area contributed by atoms with Gasteiger partial charge in [0, 0.05) is 19.6 Å². The predicted octanol–water partition coefficient (Wildman–Crippen LogP) is 2.90. The highest BCUT2D eigenvalue weighted by molar-refractivity contribution is 7.13. The predicted molar refractivity (Wildman–Crippen MR) is 96.4 cm³/mol. The Morgan fingerprint density at radius 3 is 2.96 bits per heavy atom. The van der Waals surface area contributed by atoms with Crippen LogP contribution in [0.4, 0.5) is 0 Å². The van der Waals surface area contributed by atoms with E-state index in [4.69, 9.17) is 4.74 Å². The molecule has 24 heavy (non-hydrogen) atoms. The Kier molecular flexibility index (Phi) is 6.40. The molecule has 0 bridgehead atoms. The first-order valence-electron chi connectivity index (χ1n) is 8.95. The van der Waals surface area contributed by atoms with E-state index >= 15 is 0 Å². The van der Waals surface area contributed by atoms with Crippen LogP contribution < -0.4 is 5.32 Å². The average Bonchev–Trinajstić information content (AvgIpc) is 2.97. The standard InChI is InChI=1S/C18H27N3O2S/c1-14-17(18(22)19-8-7-15-5-3-2-4-6-15)24-16(20-14)13-21-9-11-23-12-10-21/h5H,2-4,6-13H2,1H3,(H,19,22). The molecule has 1 fully saturated rings. The number of hydrogen-bond acceptors (Lipinski definition) is 5. The molecule has 1 aromatic heterocycles. The van der Waals surface area contributed by atoms with Crippen molar-refractivity contribution in [2.75, 3.05) is 32.8 Å². The molecule has 3 rings (SSSR count). The van der Waals surface area contributed by atoms with Crippen molar-refractivity contribution in [2.45, 2.75) is 45.6 Å². The first kappa shape index (κ1) is 17.6. The molecule has 2 heterocycles. The summed E-state index contributed by atoms with van der Waals surface area (Å²) in [5.41, 5.74) is 2.34. The number of allylic oxidation sites excluding steroid dienone is 1. The summed E-state index contributed by atoms with van der Waals surface area (Å²) in [6.45, 7) is 6.92. The first-order chi connectivity index (χ1) is 11.7. The number of nitrogens with zero attached hydrogens (tertiary/aromatic N) is 2. The van der Waals surface area contributed by atoms with E-state index in [-0.39, 0.29) is 5.91 Å². The highest BCUT2D eigenvalue weighted by Gasteiger charge is 2.18. The highest BCUT2D eigenvalue weighted by Crippen LogP contribution is 2.21. The van der Waals surface area contributed by atoms with E-state index in [1.165, 1.54) is 42.6 Å². The van der Waals surface area contributed by atoms with Crippen molar-refractivity contribution in [3.63, 3.8) is 0 Å². The van der Waals surface area contributed by atoms with Crippen LogP contribution in [0.2, 0.25) is 0 Å². The summed E-state index contributed by atoms with van der Waals surface area (Å²) >= 11 is 1.53. The molecule has 1 aliphatic carbocycles. The lowest BCUT2D eigenvalue weighted by Crippen LogP contribution is -2.35. The second-order valence-corrected chi connectivity index (χ2v) is 7.61. The van der Waals surface area contributed by atoms with Crippen molar-refractivity contribution in [3.8, 4) is 0 Å². The molecule has 0 saturated carbocycles. The second kappa shape index (κ2) is 8.74. The van der Waals surface area contributed by atoms with Gasteiger partial charge in [0.2, 0.25) is 0 Å². The van der Waals surface area contributed by atoms with Gasteiger partial charge in [-0.3, -0.25) is 9.69 Å². The van der Waals surface area contributed by atoms with E-state index < -0.39 is 0 Å². The molecule has 0 radical (unpaired) electrons. The molecule has 0 spiro atoms. The largest absolute Gasteiger partial charge is 0.379 e. The molecule has 0 unspecified atom stereocenters. The minimum atomic E-state index is 0.0228. The van der Waals surface area contributed by atoms with Crippen LogP contribution in [0.15, 0.2) is 11.6 Å². The number of thiazole rings is 1. The monoisotopic (exact) mass is 349 g/mol. The van der Waals surface area contributed by atoms with Crippen LogP contribution in [-0.4, -0.2) is 48.6 Å². The van der Waals surface area contributed by atoms with E-state index in [1.54, 1.807) is 0 Å². The molecular formula is C18H27N3O2S. The van der Waals surface area contributed by atoms with Crippen LogP contribution in [0.5, 0.6) is 0 Å². The molecule has 1 N–H and O–H groups in total. The molecule has 1 aliphatic heterocycles. The van der Waals surface area contributed by atoms with E-state index in [0.29, 0.717) is 0 Å². The normalized spacial score (nSPS) is 19.1. The van der Waals surface area contributed by atoms with Crippen LogP contribution in [0, 0.1) is 6.92 Å². The Hall–Kier alpha value is -1.24. The lowest BCUT2D eigenvalue weighted by Gasteiger charge is -2.25. The van der Waals surface area contributed by atoms with Crippen molar-refractivity contribution in [2.24, 2.45) is 0 Å². The van der Waals surface area contributed by atoms with Crippen LogP contribution >= 0.6 is 11.3 Å². The van der Waals surface area contributed by atoms with Gasteiger partial charge in [0.15, 0.2) is 0 Å². The lowest BCUT2D eigenvalue weighted by atomic mass is 9.97. The number of ether oxygens (including phenoxy) is 1. The number of carbonyl (C=O) groups excluding carboxylic acids is 1. The maximum absolute atomic E-state index is 12.4. The van der Waals surface area contributed by atoms with Crippen molar-refractivity contribution >= 4 is 17.2 Å². The molecule has 6 heteroatoms. The number of amides is 1. The molecule has 0 aromatic carbocycles. The van der Waals surface area contributed by atoms with Crippen molar-refractivity contribution in [3.05, 3.63) is 27.2 Å². The number of nitrogens with one attached hydrogen (secondary N) is 1. The topological polar surface area (TPSA) is 54.5 Å². The van der Waals surface area contributed by atoms with Crippen molar-refractivity contribution in [1.29, 1.82) is 0 Å². The molecule has 1 saturated heterocycles. The number of morpholine rings is 1. The van der Waals surface area contributed by atoms with Gasteiger partial charge in [0.05, 0.1) is 25.5 Å². The zero-order valence-corrected chi connectivity index (χ0v) is 15.3. The minimum absolute atomic E-state index is 0.0228. The van der Waals surface area contributed by atoms with Crippen molar-refractivity contribution < 1.29 is 9.53 Å². The number of hydrogen-bond donors (Lipinski definition) is 1. The highest BCUT2D eigenvalue weighted by atomic mass is 32.1. The maximum Gasteiger partial charge on any atom is 0.263 e. The molecule has 5 nitrogen and oxygen atoms in total. The molecule has 2 aliphatic rings. The van der Waals surface area contributed by atoms with Gasteiger partial charge in [-0.1, -0.05) is 11.6 Å². The van der Waals surface area contributed by atoms with Gasteiger partial charge in [-0.25, -0.2) is 4.98 Å². The summed E-state index contributed by atoms with van der Waals surface area (Å²) in [7, 11) is 0. The van der Waals surface area contributed by atoms with E-state index in [2.05, 4.69) is 21.3 Å². The first-order valence-corrected chi connectivity index (χ1v) is 9.76. The second-order valence-electron chi connectivity index (χ2n) is 6.52. The Morgan fingerprint density at radius 2 is 2.21 bits per heavy atom. The fourth-order valence-corrected chi connectivity index (χ4v) is 4.25. The van der Waals surface area contributed by atoms with Gasteiger partial charge in [-0.15, -0.1) is 11.3 Å². The molecular weight excluding hydrogens is 322 g/mol. The summed E-state index contributed by atoms with van der Waals surface area (Å²) in [4.78, 5) is 20.1. The Bertz CT molecular complexity index is 591. The summed E-state index contributed by atoms with van der Waals surface area (Å²) < 4.78 is 5.37. The molecule has 132 valence electrons. The third-order valence-corrected chi connectivity index (χ3v) is 5.77. The van der Waals surface area contributed by atoms with E-state index in [1.807, 2.05) is 6.92 Å². The van der Waals surface area contributed by atoms with E-state index in [9.17, 15) is 4.79 Å². The van der Waals surface area contributed by atoms with Crippen LogP contribution in [0.25, 0.3) is 0 Å². The van der Waals surface area contributed by atoms with E-state index in [0.717, 1.165) is 61.4 Å². The number of aromatic nitrogens is 1. The van der Waals surface area contributed by atoms with Crippen LogP contribution in [0.1, 0.15) is 52.5 Å². The maximum atomic E-state index is 12.4. The third-order valence-electron chi connectivity index (χ3n) is 4.63. The number of rotatable bonds is 6. The zero-order chi connectivity index (χ0) is 16.8. The quantitative estimate of drug-likeness (QED) is 0.803. The summed E-state index contributed by atoms with van der Waals surface area (Å²) in [6.07, 6.45) is 8.31. The van der Waals surface area contributed by atoms with Crippen LogP contribution in [-0.2, 0) is 11.3 Å². The van der Waals surface area contributed by atoms with Gasteiger partial charge in [-0.05, 0) is 39.0 Å². The SMILES string of the molecule is Cc1nc(CN2CCOCC2)sc1C(=O)NCCC1=CCCCC1. The molecule has 1 aromatic rings. The lowest BCUT2D eigenvalue weighted by molar-refractivity contribution is 0.0341. The fraction of sp³-hybridized carbons (Fsp3) is 0.667. The van der Waals surface area contributed by atoms with Gasteiger partial charge < -0.3 is 10.1 Å².